The van der Waals surface area contributed by atoms with Crippen molar-refractivity contribution in [3.05, 3.63) is 24.3 Å². The van der Waals surface area contributed by atoms with Gasteiger partial charge < -0.3 is 0 Å². The molecule has 1 N–H and O–H groups in total. The van der Waals surface area contributed by atoms with E-state index in [1.165, 1.54) is 0 Å². The summed E-state index contributed by atoms with van der Waals surface area (Å²) < 4.78 is 0.973. The number of rotatable bonds is 0. The average Bonchev–Trinajstić information content (AvgIpc) is 2.27. The molecular formula is C8H9N2Ti. The first-order chi connectivity index (χ1) is 4.86. The van der Waals surface area contributed by atoms with Crippen LogP contribution in [0.2, 0.25) is 0 Å². The van der Waals surface area contributed by atoms with Crippen molar-refractivity contribution in [1.29, 1.82) is 0 Å². The summed E-state index contributed by atoms with van der Waals surface area (Å²) in [5.41, 5.74) is 2.15. The van der Waals surface area contributed by atoms with Crippen LogP contribution in [0.1, 0.15) is 7.43 Å². The van der Waals surface area contributed by atoms with Gasteiger partial charge in [0.1, 0.15) is 0 Å². The normalized spacial score (nSPS) is 9.36. The molecule has 3 heteroatoms. The minimum absolute atomic E-state index is 0. The minimum atomic E-state index is 0. The summed E-state index contributed by atoms with van der Waals surface area (Å²) in [6, 6.07) is 8.01. The molecule has 2 aromatic rings. The average molecular weight is 181 g/mol. The summed E-state index contributed by atoms with van der Waals surface area (Å²) in [5, 5.41) is 0. The Kier molecular flexibility index (Phi) is 2.47. The first-order valence-corrected chi connectivity index (χ1v) is 3.81. The predicted molar refractivity (Wildman–Crippen MR) is 42.5 cm³/mol. The number of para-hydroxylation sites is 2. The molecule has 1 aromatic carbocycles. The Bertz CT molecular complexity index is 321. The van der Waals surface area contributed by atoms with Crippen LogP contribution in [-0.4, -0.2) is 9.97 Å². The SMILES string of the molecule is C.[Ti][c]1nc2ccccc2[nH]1. The Morgan fingerprint density at radius 1 is 1.27 bits per heavy atom. The number of aromatic nitrogens is 2. The third-order valence-corrected chi connectivity index (χ3v) is 1.76. The van der Waals surface area contributed by atoms with Crippen LogP contribution in [0.3, 0.4) is 0 Å². The number of benzene rings is 1. The number of aromatic amines is 1. The zero-order valence-electron chi connectivity index (χ0n) is 5.26. The van der Waals surface area contributed by atoms with Crippen LogP contribution in [0, 0.1) is 0 Å². The van der Waals surface area contributed by atoms with Crippen LogP contribution in [0.25, 0.3) is 11.0 Å². The maximum absolute atomic E-state index is 4.26. The topological polar surface area (TPSA) is 28.7 Å². The second kappa shape index (κ2) is 3.20. The van der Waals surface area contributed by atoms with Gasteiger partial charge in [0, 0.05) is 0 Å². The van der Waals surface area contributed by atoms with E-state index in [0.29, 0.717) is 0 Å². The quantitative estimate of drug-likeness (QED) is 0.611. The van der Waals surface area contributed by atoms with E-state index in [2.05, 4.69) is 9.97 Å². The van der Waals surface area contributed by atoms with E-state index >= 15 is 0 Å². The molecule has 0 aliphatic carbocycles. The van der Waals surface area contributed by atoms with Crippen molar-refractivity contribution in [2.45, 2.75) is 7.43 Å². The Balaban J connectivity index is 0.000000605. The molecule has 2 rings (SSSR count). The summed E-state index contributed by atoms with van der Waals surface area (Å²) in [7, 11) is 0. The van der Waals surface area contributed by atoms with Gasteiger partial charge in [-0.2, -0.15) is 0 Å². The predicted octanol–water partition coefficient (Wildman–Crippen LogP) is 1.37. The van der Waals surface area contributed by atoms with Gasteiger partial charge in [0.05, 0.1) is 0 Å². The molecule has 0 aliphatic heterocycles. The fourth-order valence-corrected chi connectivity index (χ4v) is 1.35. The van der Waals surface area contributed by atoms with Crippen molar-refractivity contribution in [1.82, 2.24) is 9.97 Å². The van der Waals surface area contributed by atoms with Gasteiger partial charge in [-0.15, -0.1) is 0 Å². The van der Waals surface area contributed by atoms with E-state index < -0.39 is 0 Å². The molecule has 0 aliphatic rings. The molecule has 55 valence electrons. The molecule has 0 saturated heterocycles. The number of nitrogens with zero attached hydrogens (tertiary/aromatic N) is 1. The van der Waals surface area contributed by atoms with E-state index in [9.17, 15) is 0 Å². The number of hydrogen-bond donors (Lipinski definition) is 1. The van der Waals surface area contributed by atoms with Crippen LogP contribution in [0.4, 0.5) is 0 Å². The van der Waals surface area contributed by atoms with Crippen molar-refractivity contribution in [2.75, 3.05) is 0 Å². The van der Waals surface area contributed by atoms with Gasteiger partial charge in [0.25, 0.3) is 0 Å². The van der Waals surface area contributed by atoms with E-state index in [0.717, 1.165) is 15.2 Å². The van der Waals surface area contributed by atoms with Gasteiger partial charge in [-0.3, -0.25) is 0 Å². The molecule has 0 atom stereocenters. The van der Waals surface area contributed by atoms with E-state index in [-0.39, 0.29) is 7.43 Å². The van der Waals surface area contributed by atoms with Crippen molar-refractivity contribution in [3.8, 4) is 0 Å². The summed E-state index contributed by atoms with van der Waals surface area (Å²) in [6.45, 7) is 0. The number of fused-ring (bicyclic) bond motifs is 1. The first kappa shape index (κ1) is 8.50. The number of nitrogens with one attached hydrogen (secondary N) is 1. The van der Waals surface area contributed by atoms with Crippen LogP contribution >= 0.6 is 0 Å². The fourth-order valence-electron chi connectivity index (χ4n) is 0.953. The second-order valence-electron chi connectivity index (χ2n) is 2.10. The Hall–Kier alpha value is -0.596. The molecular weight excluding hydrogens is 172 g/mol. The Morgan fingerprint density at radius 3 is 2.73 bits per heavy atom. The van der Waals surface area contributed by atoms with E-state index in [1.807, 2.05) is 44.7 Å². The molecule has 0 amide bonds. The van der Waals surface area contributed by atoms with Crippen LogP contribution in [0.15, 0.2) is 24.3 Å². The number of imidazole rings is 1. The zero-order chi connectivity index (χ0) is 6.97. The van der Waals surface area contributed by atoms with Crippen LogP contribution in [0.5, 0.6) is 0 Å². The van der Waals surface area contributed by atoms with Crippen molar-refractivity contribution >= 4 is 15.2 Å². The monoisotopic (exact) mass is 181 g/mol. The van der Waals surface area contributed by atoms with Gasteiger partial charge in [-0.25, -0.2) is 0 Å². The molecule has 11 heavy (non-hydrogen) atoms. The van der Waals surface area contributed by atoms with E-state index in [4.69, 9.17) is 0 Å². The second-order valence-corrected chi connectivity index (χ2v) is 2.84. The van der Waals surface area contributed by atoms with Crippen molar-refractivity contribution < 1.29 is 20.4 Å². The number of H-pyrrole nitrogens is 1. The van der Waals surface area contributed by atoms with Gasteiger partial charge in [-0.1, -0.05) is 7.43 Å². The van der Waals surface area contributed by atoms with E-state index in [1.54, 1.807) is 0 Å². The fraction of sp³-hybridized carbons (Fsp3) is 0.125. The maximum atomic E-state index is 4.26. The first-order valence-electron chi connectivity index (χ1n) is 3.02. The summed E-state index contributed by atoms with van der Waals surface area (Å²) in [6.07, 6.45) is 0. The third kappa shape index (κ3) is 1.52. The van der Waals surface area contributed by atoms with Crippen LogP contribution in [-0.2, 0) is 20.4 Å². The number of hydrogen-bond acceptors (Lipinski definition) is 1. The summed E-state index contributed by atoms with van der Waals surface area (Å²) in [4.78, 5) is 7.40. The standard InChI is InChI=1S/C7H5N2.CH4.Ti/c1-2-4-7-6(3-1)8-5-9-7;;/h1-4H,(H,8,9);1H4;. The Morgan fingerprint density at radius 2 is 2.00 bits per heavy atom. The van der Waals surface area contributed by atoms with Crippen molar-refractivity contribution in [2.24, 2.45) is 0 Å². The van der Waals surface area contributed by atoms with Gasteiger partial charge in [0.2, 0.25) is 0 Å². The molecule has 0 fully saturated rings. The molecule has 2 nitrogen and oxygen atoms in total. The van der Waals surface area contributed by atoms with Crippen LogP contribution < -0.4 is 4.13 Å². The molecule has 0 saturated carbocycles. The third-order valence-electron chi connectivity index (χ3n) is 1.39. The summed E-state index contributed by atoms with van der Waals surface area (Å²) >= 11 is 1.96. The molecule has 0 radical (unpaired) electrons. The van der Waals surface area contributed by atoms with Gasteiger partial charge in [-0.05, 0) is 0 Å². The van der Waals surface area contributed by atoms with Crippen molar-refractivity contribution in [3.63, 3.8) is 0 Å². The Labute approximate surface area is 77.4 Å². The molecule has 1 heterocycles. The molecule has 1 aromatic heterocycles. The zero-order valence-corrected chi connectivity index (χ0v) is 6.82. The molecule has 0 spiro atoms. The molecule has 0 bridgehead atoms. The summed E-state index contributed by atoms with van der Waals surface area (Å²) in [5.74, 6) is 0. The van der Waals surface area contributed by atoms with Gasteiger partial charge in [0.15, 0.2) is 0 Å². The van der Waals surface area contributed by atoms with Gasteiger partial charge >= 0.3 is 69.8 Å². The molecule has 0 unspecified atom stereocenters.